The monoisotopic (exact) mass is 284 g/mol. The summed E-state index contributed by atoms with van der Waals surface area (Å²) in [7, 11) is 0. The third kappa shape index (κ3) is 5.57. The summed E-state index contributed by atoms with van der Waals surface area (Å²) in [5.41, 5.74) is 0.196. The van der Waals surface area contributed by atoms with Gasteiger partial charge in [0.05, 0.1) is 23.8 Å². The number of carbonyl (C=O) groups is 2. The van der Waals surface area contributed by atoms with Gasteiger partial charge in [-0.15, -0.1) is 0 Å². The first-order chi connectivity index (χ1) is 9.67. The van der Waals surface area contributed by atoms with Crippen molar-refractivity contribution in [2.75, 3.05) is 13.2 Å². The Morgan fingerprint density at radius 1 is 1.15 bits per heavy atom. The molecule has 0 aliphatic rings. The normalized spacial score (nSPS) is 9.70. The van der Waals surface area contributed by atoms with Gasteiger partial charge in [-0.05, 0) is 31.5 Å². The van der Waals surface area contributed by atoms with Gasteiger partial charge in [-0.25, -0.2) is 14.5 Å². The summed E-state index contributed by atoms with van der Waals surface area (Å²) in [5.74, 6) is -0.305. The maximum Gasteiger partial charge on any atom is 0.543 e. The topological polar surface area (TPSA) is 80.3 Å². The van der Waals surface area contributed by atoms with Crippen LogP contribution >= 0.6 is 0 Å². The fourth-order valence-corrected chi connectivity index (χ4v) is 1.21. The average molecular weight is 284 g/mol. The van der Waals surface area contributed by atoms with Gasteiger partial charge in [-0.3, -0.25) is 4.89 Å². The Bertz CT molecular complexity index is 444. The van der Waals surface area contributed by atoms with Gasteiger partial charge in [-0.1, -0.05) is 13.0 Å². The molecular formula is C13H16O7. The van der Waals surface area contributed by atoms with Crippen molar-refractivity contribution in [1.29, 1.82) is 0 Å². The third-order valence-electron chi connectivity index (χ3n) is 2.02. The van der Waals surface area contributed by atoms with Crippen molar-refractivity contribution in [3.8, 4) is 5.75 Å². The van der Waals surface area contributed by atoms with Gasteiger partial charge in [0.1, 0.15) is 5.75 Å². The molecule has 0 radical (unpaired) electrons. The summed E-state index contributed by atoms with van der Waals surface area (Å²) < 4.78 is 9.76. The second-order valence-electron chi connectivity index (χ2n) is 3.58. The highest BCUT2D eigenvalue weighted by molar-refractivity contribution is 5.89. The van der Waals surface area contributed by atoms with E-state index in [1.54, 1.807) is 12.1 Å². The van der Waals surface area contributed by atoms with Gasteiger partial charge < -0.3 is 9.47 Å². The third-order valence-corrected chi connectivity index (χ3v) is 2.02. The lowest BCUT2D eigenvalue weighted by atomic mass is 10.2. The largest absolute Gasteiger partial charge is 0.543 e. The van der Waals surface area contributed by atoms with Crippen molar-refractivity contribution in [2.45, 2.75) is 20.3 Å². The molecule has 0 fully saturated rings. The van der Waals surface area contributed by atoms with E-state index >= 15 is 0 Å². The molecule has 0 bridgehead atoms. The molecule has 0 aliphatic heterocycles. The van der Waals surface area contributed by atoms with Gasteiger partial charge in [0, 0.05) is 0 Å². The summed E-state index contributed by atoms with van der Waals surface area (Å²) in [6.45, 7) is 4.30. The fourth-order valence-electron chi connectivity index (χ4n) is 1.21. The zero-order valence-corrected chi connectivity index (χ0v) is 11.3. The molecule has 0 aromatic heterocycles. The van der Waals surface area contributed by atoms with Gasteiger partial charge in [-0.2, -0.15) is 0 Å². The Hall–Kier alpha value is -2.28. The molecule has 0 amide bonds. The van der Waals surface area contributed by atoms with Crippen molar-refractivity contribution in [2.24, 2.45) is 0 Å². The number of rotatable bonds is 7. The smallest absolute Gasteiger partial charge is 0.494 e. The maximum absolute atomic E-state index is 11.6. The molecular weight excluding hydrogens is 268 g/mol. The van der Waals surface area contributed by atoms with Crippen LogP contribution in [0.15, 0.2) is 24.3 Å². The van der Waals surface area contributed by atoms with Crippen LogP contribution in [0.5, 0.6) is 5.75 Å². The first-order valence-corrected chi connectivity index (χ1v) is 6.12. The summed E-state index contributed by atoms with van der Waals surface area (Å²) in [6.07, 6.45) is -0.443. The molecule has 1 rings (SSSR count). The highest BCUT2D eigenvalue weighted by Crippen LogP contribution is 2.14. The minimum absolute atomic E-state index is 0.187. The van der Waals surface area contributed by atoms with Crippen molar-refractivity contribution in [3.05, 3.63) is 29.8 Å². The van der Waals surface area contributed by atoms with Gasteiger partial charge in [0.15, 0.2) is 0 Å². The second kappa shape index (κ2) is 8.76. The molecule has 0 N–H and O–H groups in total. The quantitative estimate of drug-likeness (QED) is 0.432. The van der Waals surface area contributed by atoms with Crippen LogP contribution in [0.3, 0.4) is 0 Å². The summed E-state index contributed by atoms with van der Waals surface area (Å²) in [6, 6.07) is 6.30. The number of hydrogen-bond acceptors (Lipinski definition) is 7. The van der Waals surface area contributed by atoms with E-state index < -0.39 is 12.1 Å². The molecule has 7 heteroatoms. The molecule has 1 aromatic rings. The first-order valence-electron chi connectivity index (χ1n) is 6.12. The number of hydrogen-bond donors (Lipinski definition) is 0. The molecule has 0 spiro atoms. The Balaban J connectivity index is 2.39. The van der Waals surface area contributed by atoms with Crippen molar-refractivity contribution < 1.29 is 33.9 Å². The van der Waals surface area contributed by atoms with Gasteiger partial charge in [0.2, 0.25) is 0 Å². The Labute approximate surface area is 116 Å². The Kier molecular flexibility index (Phi) is 6.91. The molecule has 20 heavy (non-hydrogen) atoms. The SMILES string of the molecule is CCCOC(=O)OOOC(=O)c1cccc(OCC)c1. The zero-order chi connectivity index (χ0) is 14.8. The summed E-state index contributed by atoms with van der Waals surface area (Å²) in [5, 5.41) is 4.04. The second-order valence-corrected chi connectivity index (χ2v) is 3.58. The highest BCUT2D eigenvalue weighted by Gasteiger charge is 2.12. The molecule has 0 aliphatic carbocycles. The summed E-state index contributed by atoms with van der Waals surface area (Å²) in [4.78, 5) is 30.8. The van der Waals surface area contributed by atoms with Crippen LogP contribution in [0.1, 0.15) is 30.6 Å². The van der Waals surface area contributed by atoms with E-state index in [4.69, 9.17) is 4.74 Å². The fraction of sp³-hybridized carbons (Fsp3) is 0.385. The Morgan fingerprint density at radius 3 is 2.65 bits per heavy atom. The number of benzene rings is 1. The van der Waals surface area contributed by atoms with E-state index in [9.17, 15) is 9.59 Å². The van der Waals surface area contributed by atoms with Crippen LogP contribution in [0.25, 0.3) is 0 Å². The van der Waals surface area contributed by atoms with Crippen molar-refractivity contribution in [1.82, 2.24) is 0 Å². The van der Waals surface area contributed by atoms with Crippen LogP contribution in [-0.2, 0) is 19.6 Å². The van der Waals surface area contributed by atoms with Crippen molar-refractivity contribution in [3.63, 3.8) is 0 Å². The average Bonchev–Trinajstić information content (AvgIpc) is 2.45. The lowest BCUT2D eigenvalue weighted by molar-refractivity contribution is -0.452. The standard InChI is InChI=1S/C13H16O7/c1-3-8-17-13(15)19-20-18-12(14)10-6-5-7-11(9-10)16-4-2/h5-7,9H,3-4,8H2,1-2H3. The lowest BCUT2D eigenvalue weighted by Crippen LogP contribution is -2.12. The van der Waals surface area contributed by atoms with Crippen LogP contribution in [0.4, 0.5) is 4.79 Å². The molecule has 110 valence electrons. The van der Waals surface area contributed by atoms with Crippen molar-refractivity contribution >= 4 is 12.1 Å². The van der Waals surface area contributed by atoms with E-state index in [1.807, 2.05) is 13.8 Å². The van der Waals surface area contributed by atoms with Crippen LogP contribution in [0, 0.1) is 0 Å². The molecule has 0 saturated heterocycles. The van der Waals surface area contributed by atoms with E-state index in [2.05, 4.69) is 19.6 Å². The van der Waals surface area contributed by atoms with Crippen LogP contribution < -0.4 is 4.74 Å². The predicted molar refractivity (Wildman–Crippen MR) is 66.8 cm³/mol. The van der Waals surface area contributed by atoms with E-state index in [1.165, 1.54) is 12.1 Å². The minimum atomic E-state index is -1.08. The molecule has 0 saturated carbocycles. The van der Waals surface area contributed by atoms with E-state index in [0.29, 0.717) is 18.8 Å². The molecule has 0 heterocycles. The molecule has 0 unspecified atom stereocenters. The van der Waals surface area contributed by atoms with Crippen LogP contribution in [0.2, 0.25) is 0 Å². The van der Waals surface area contributed by atoms with Gasteiger partial charge in [0.25, 0.3) is 0 Å². The first kappa shape index (κ1) is 15.8. The van der Waals surface area contributed by atoms with Crippen LogP contribution in [-0.4, -0.2) is 25.3 Å². The maximum atomic E-state index is 11.6. The van der Waals surface area contributed by atoms with E-state index in [-0.39, 0.29) is 12.2 Å². The lowest BCUT2D eigenvalue weighted by Gasteiger charge is -2.05. The highest BCUT2D eigenvalue weighted by atomic mass is 17.5. The predicted octanol–water partition coefficient (Wildman–Crippen LogP) is 2.65. The zero-order valence-electron chi connectivity index (χ0n) is 11.3. The number of ether oxygens (including phenoxy) is 2. The molecule has 7 nitrogen and oxygen atoms in total. The molecule has 1 aromatic carbocycles. The minimum Gasteiger partial charge on any atom is -0.494 e. The van der Waals surface area contributed by atoms with E-state index in [0.717, 1.165) is 0 Å². The number of carbonyl (C=O) groups excluding carboxylic acids is 2. The van der Waals surface area contributed by atoms with Gasteiger partial charge >= 0.3 is 12.1 Å². The Morgan fingerprint density at radius 2 is 1.95 bits per heavy atom. The summed E-state index contributed by atoms with van der Waals surface area (Å²) >= 11 is 0. The molecule has 0 atom stereocenters.